The lowest BCUT2D eigenvalue weighted by atomic mass is 10.1. The summed E-state index contributed by atoms with van der Waals surface area (Å²) in [5.41, 5.74) is 0.560. The Morgan fingerprint density at radius 2 is 1.70 bits per heavy atom. The van der Waals surface area contributed by atoms with Gasteiger partial charge in [-0.25, -0.2) is 0 Å². The van der Waals surface area contributed by atoms with Gasteiger partial charge < -0.3 is 9.50 Å². The molecule has 4 rings (SSSR count). The number of amides is 1. The third-order valence-corrected chi connectivity index (χ3v) is 7.04. The zero-order valence-corrected chi connectivity index (χ0v) is 21.2. The average Bonchev–Trinajstić information content (AvgIpc) is 2.88. The van der Waals surface area contributed by atoms with Gasteiger partial charge in [-0.05, 0) is 74.7 Å². The van der Waals surface area contributed by atoms with Crippen molar-refractivity contribution in [2.75, 3.05) is 5.32 Å². The van der Waals surface area contributed by atoms with Gasteiger partial charge in [-0.3, -0.25) is 14.9 Å². The minimum atomic E-state index is -4.27. The summed E-state index contributed by atoms with van der Waals surface area (Å²) >= 11 is 3.24. The molecule has 0 aliphatic heterocycles. The molecule has 0 aliphatic rings. The summed E-state index contributed by atoms with van der Waals surface area (Å²) < 4.78 is 30.5. The molecule has 0 saturated heterocycles. The van der Waals surface area contributed by atoms with E-state index in [4.69, 9.17) is 4.18 Å². The minimum Gasteiger partial charge on any atom is -0.378 e. The van der Waals surface area contributed by atoms with E-state index in [1.54, 1.807) is 12.1 Å². The highest BCUT2D eigenvalue weighted by atomic mass is 79.9. The fourth-order valence-electron chi connectivity index (χ4n) is 3.36. The standard InChI is InChI=1S/C26H16BrN3O6S/c27-24-14-17(5-12-25(24)36-37(34,35)23-10-8-22(9-11-23)30(32)33)13-20(16-28)26(31)29-21-7-6-18-3-1-2-4-19(18)15-21/h1-15H,(H,29,31)/b20-13+. The number of nitriles is 1. The number of nitro benzene ring substituents is 1. The number of carbonyl (C=O) groups is 1. The van der Waals surface area contributed by atoms with Gasteiger partial charge in [0, 0.05) is 17.8 Å². The van der Waals surface area contributed by atoms with Crippen LogP contribution in [0.5, 0.6) is 5.75 Å². The van der Waals surface area contributed by atoms with E-state index in [1.165, 1.54) is 24.3 Å². The summed E-state index contributed by atoms with van der Waals surface area (Å²) in [6.07, 6.45) is 1.36. The van der Waals surface area contributed by atoms with Gasteiger partial charge in [0.1, 0.15) is 16.5 Å². The summed E-state index contributed by atoms with van der Waals surface area (Å²) in [7, 11) is -4.27. The smallest absolute Gasteiger partial charge is 0.339 e. The maximum atomic E-state index is 12.7. The van der Waals surface area contributed by atoms with Crippen LogP contribution in [0.4, 0.5) is 11.4 Å². The molecule has 37 heavy (non-hydrogen) atoms. The van der Waals surface area contributed by atoms with Crippen LogP contribution in [0.1, 0.15) is 5.56 Å². The Morgan fingerprint density at radius 3 is 2.35 bits per heavy atom. The number of non-ortho nitro benzene ring substituents is 1. The fourth-order valence-corrected chi connectivity index (χ4v) is 4.89. The molecular weight excluding hydrogens is 562 g/mol. The first-order valence-electron chi connectivity index (χ1n) is 10.6. The van der Waals surface area contributed by atoms with Crippen molar-refractivity contribution in [2.45, 2.75) is 4.90 Å². The van der Waals surface area contributed by atoms with Crippen LogP contribution in [0.2, 0.25) is 0 Å². The molecule has 11 heteroatoms. The fraction of sp³-hybridized carbons (Fsp3) is 0. The summed E-state index contributed by atoms with van der Waals surface area (Å²) in [6.45, 7) is 0. The van der Waals surface area contributed by atoms with Crippen LogP contribution in [-0.2, 0) is 14.9 Å². The first-order chi connectivity index (χ1) is 17.7. The lowest BCUT2D eigenvalue weighted by molar-refractivity contribution is -0.384. The van der Waals surface area contributed by atoms with E-state index in [1.807, 2.05) is 36.4 Å². The zero-order valence-electron chi connectivity index (χ0n) is 18.8. The van der Waals surface area contributed by atoms with Gasteiger partial charge in [0.15, 0.2) is 5.75 Å². The predicted octanol–water partition coefficient (Wildman–Crippen LogP) is 5.82. The topological polar surface area (TPSA) is 139 Å². The van der Waals surface area contributed by atoms with E-state index >= 15 is 0 Å². The van der Waals surface area contributed by atoms with Gasteiger partial charge >= 0.3 is 10.1 Å². The molecule has 0 aliphatic carbocycles. The Hall–Kier alpha value is -4.53. The van der Waals surface area contributed by atoms with E-state index in [0.717, 1.165) is 35.0 Å². The second-order valence-electron chi connectivity index (χ2n) is 7.66. The Morgan fingerprint density at radius 1 is 1.00 bits per heavy atom. The Kier molecular flexibility index (Phi) is 7.33. The lowest BCUT2D eigenvalue weighted by Crippen LogP contribution is -2.13. The van der Waals surface area contributed by atoms with Crippen molar-refractivity contribution in [3.05, 3.63) is 111 Å². The average molecular weight is 578 g/mol. The summed E-state index contributed by atoms with van der Waals surface area (Å²) in [4.78, 5) is 22.6. The second-order valence-corrected chi connectivity index (χ2v) is 10.1. The number of anilines is 1. The predicted molar refractivity (Wildman–Crippen MR) is 141 cm³/mol. The number of nitro groups is 1. The highest BCUT2D eigenvalue weighted by Gasteiger charge is 2.20. The van der Waals surface area contributed by atoms with Crippen LogP contribution >= 0.6 is 15.9 Å². The molecule has 4 aromatic rings. The van der Waals surface area contributed by atoms with Crippen molar-refractivity contribution in [3.8, 4) is 11.8 Å². The summed E-state index contributed by atoms with van der Waals surface area (Å²) in [5, 5.41) is 25.0. The minimum absolute atomic E-state index is 0.0466. The number of halogens is 1. The van der Waals surface area contributed by atoms with Crippen molar-refractivity contribution in [1.29, 1.82) is 5.26 Å². The molecule has 0 spiro atoms. The SMILES string of the molecule is N#C/C(=C\c1ccc(OS(=O)(=O)c2ccc([N+](=O)[O-])cc2)c(Br)c1)C(=O)Nc1ccc2ccccc2c1. The quantitative estimate of drug-likeness (QED) is 0.0958. The van der Waals surface area contributed by atoms with E-state index in [2.05, 4.69) is 21.2 Å². The van der Waals surface area contributed by atoms with Crippen molar-refractivity contribution < 1.29 is 22.3 Å². The maximum absolute atomic E-state index is 12.7. The molecule has 9 nitrogen and oxygen atoms in total. The number of rotatable bonds is 7. The third-order valence-electron chi connectivity index (χ3n) is 5.18. The molecule has 0 saturated carbocycles. The van der Waals surface area contributed by atoms with E-state index < -0.39 is 20.9 Å². The van der Waals surface area contributed by atoms with E-state index in [0.29, 0.717) is 11.3 Å². The van der Waals surface area contributed by atoms with Crippen molar-refractivity contribution in [1.82, 2.24) is 0 Å². The van der Waals surface area contributed by atoms with Gasteiger partial charge in [0.25, 0.3) is 11.6 Å². The molecule has 0 atom stereocenters. The van der Waals surface area contributed by atoms with Gasteiger partial charge in [-0.15, -0.1) is 0 Å². The molecule has 1 N–H and O–H groups in total. The zero-order chi connectivity index (χ0) is 26.6. The number of fused-ring (bicyclic) bond motifs is 1. The number of nitrogens with one attached hydrogen (secondary N) is 1. The highest BCUT2D eigenvalue weighted by Crippen LogP contribution is 2.30. The summed E-state index contributed by atoms with van der Waals surface area (Å²) in [5.74, 6) is -0.649. The normalized spacial score (nSPS) is 11.5. The highest BCUT2D eigenvalue weighted by molar-refractivity contribution is 9.10. The monoisotopic (exact) mass is 577 g/mol. The summed E-state index contributed by atoms with van der Waals surface area (Å²) in [6, 6.07) is 23.5. The van der Waals surface area contributed by atoms with Gasteiger partial charge in [-0.2, -0.15) is 13.7 Å². The first-order valence-corrected chi connectivity index (χ1v) is 12.8. The Labute approximate surface area is 220 Å². The molecule has 4 aromatic carbocycles. The number of nitrogens with zero attached hydrogens (tertiary/aromatic N) is 2. The molecule has 0 fully saturated rings. The molecule has 0 unspecified atom stereocenters. The van der Waals surface area contributed by atoms with Crippen LogP contribution in [-0.4, -0.2) is 19.2 Å². The van der Waals surface area contributed by atoms with Crippen LogP contribution in [0.25, 0.3) is 16.8 Å². The number of hydrogen-bond donors (Lipinski definition) is 1. The van der Waals surface area contributed by atoms with Crippen molar-refractivity contribution in [3.63, 3.8) is 0 Å². The van der Waals surface area contributed by atoms with Crippen LogP contribution in [0.3, 0.4) is 0 Å². The molecule has 184 valence electrons. The molecule has 0 bridgehead atoms. The number of benzene rings is 4. The van der Waals surface area contributed by atoms with Crippen LogP contribution < -0.4 is 9.50 Å². The van der Waals surface area contributed by atoms with Crippen molar-refractivity contribution >= 4 is 60.2 Å². The Balaban J connectivity index is 1.51. The van der Waals surface area contributed by atoms with Gasteiger partial charge in [0.05, 0.1) is 9.40 Å². The van der Waals surface area contributed by atoms with Gasteiger partial charge in [-0.1, -0.05) is 36.4 Å². The molecule has 0 aromatic heterocycles. The van der Waals surface area contributed by atoms with Gasteiger partial charge in [0.2, 0.25) is 0 Å². The van der Waals surface area contributed by atoms with Crippen molar-refractivity contribution in [2.24, 2.45) is 0 Å². The van der Waals surface area contributed by atoms with E-state index in [9.17, 15) is 28.6 Å². The number of carbonyl (C=O) groups excluding carboxylic acids is 1. The molecule has 1 amide bonds. The molecular formula is C26H16BrN3O6S. The maximum Gasteiger partial charge on any atom is 0.339 e. The number of hydrogen-bond acceptors (Lipinski definition) is 7. The largest absolute Gasteiger partial charge is 0.378 e. The molecule has 0 heterocycles. The Bertz CT molecular complexity index is 1710. The molecule has 0 radical (unpaired) electrons. The second kappa shape index (κ2) is 10.6. The lowest BCUT2D eigenvalue weighted by Gasteiger charge is -2.09. The van der Waals surface area contributed by atoms with Crippen LogP contribution in [0.15, 0.2) is 99.9 Å². The first kappa shape index (κ1) is 25.6. The van der Waals surface area contributed by atoms with Crippen LogP contribution in [0, 0.1) is 21.4 Å². The third kappa shape index (κ3) is 6.00. The van der Waals surface area contributed by atoms with E-state index in [-0.39, 0.29) is 26.4 Å².